The van der Waals surface area contributed by atoms with E-state index < -0.39 is 0 Å². The molecule has 1 fully saturated rings. The Hall–Kier alpha value is -1.75. The van der Waals surface area contributed by atoms with Crippen LogP contribution in [-0.2, 0) is 6.54 Å². The molecular weight excluding hydrogens is 288 g/mol. The lowest BCUT2D eigenvalue weighted by Crippen LogP contribution is -2.42. The Balaban J connectivity index is 1.86. The Morgan fingerprint density at radius 2 is 2.09 bits per heavy atom. The number of hydrogen-bond donors (Lipinski definition) is 2. The molecular formula is C18H30N4O. The Morgan fingerprint density at radius 3 is 2.78 bits per heavy atom. The van der Waals surface area contributed by atoms with Gasteiger partial charge in [0.25, 0.3) is 0 Å². The molecule has 5 nitrogen and oxygen atoms in total. The molecule has 0 bridgehead atoms. The van der Waals surface area contributed by atoms with E-state index in [0.29, 0.717) is 6.54 Å². The summed E-state index contributed by atoms with van der Waals surface area (Å²) in [6, 6.07) is 8.07. The number of piperidine rings is 1. The summed E-state index contributed by atoms with van der Waals surface area (Å²) in [5, 5.41) is 6.82. The number of hydrogen-bond acceptors (Lipinski definition) is 3. The fourth-order valence-electron chi connectivity index (χ4n) is 2.79. The zero-order valence-corrected chi connectivity index (χ0v) is 14.6. The second-order valence-electron chi connectivity index (χ2n) is 6.17. The number of guanidine groups is 1. The second kappa shape index (κ2) is 9.40. The van der Waals surface area contributed by atoms with Crippen molar-refractivity contribution in [2.45, 2.75) is 26.3 Å². The molecule has 2 N–H and O–H groups in total. The minimum absolute atomic E-state index is 0.653. The summed E-state index contributed by atoms with van der Waals surface area (Å²) in [6.45, 7) is 7.01. The molecule has 0 radical (unpaired) electrons. The molecule has 0 atom stereocenters. The number of methoxy groups -OCH3 is 1. The first kappa shape index (κ1) is 17.6. The maximum absolute atomic E-state index is 5.26. The fourth-order valence-corrected chi connectivity index (χ4v) is 2.79. The van der Waals surface area contributed by atoms with Gasteiger partial charge in [-0.25, -0.2) is 4.99 Å². The van der Waals surface area contributed by atoms with Crippen molar-refractivity contribution in [1.29, 1.82) is 0 Å². The SMILES string of the molecule is CCNC(=NCc1cccc(OC)c1)NCC1CCN(C)CC1. The van der Waals surface area contributed by atoms with Crippen LogP contribution in [0.25, 0.3) is 0 Å². The molecule has 0 aliphatic carbocycles. The van der Waals surface area contributed by atoms with Crippen LogP contribution in [0.2, 0.25) is 0 Å². The van der Waals surface area contributed by atoms with E-state index >= 15 is 0 Å². The van der Waals surface area contributed by atoms with Gasteiger partial charge in [-0.3, -0.25) is 0 Å². The summed E-state index contributed by atoms with van der Waals surface area (Å²) in [5.74, 6) is 2.52. The smallest absolute Gasteiger partial charge is 0.191 e. The normalized spacial score (nSPS) is 17.1. The highest BCUT2D eigenvalue weighted by Crippen LogP contribution is 2.15. The molecule has 1 saturated heterocycles. The van der Waals surface area contributed by atoms with Gasteiger partial charge < -0.3 is 20.3 Å². The molecule has 0 unspecified atom stereocenters. The van der Waals surface area contributed by atoms with E-state index in [2.05, 4.69) is 40.6 Å². The molecule has 0 aromatic heterocycles. The van der Waals surface area contributed by atoms with Gasteiger partial charge in [0, 0.05) is 13.1 Å². The summed E-state index contributed by atoms with van der Waals surface area (Å²) in [5.41, 5.74) is 1.15. The number of aliphatic imine (C=N–C) groups is 1. The maximum atomic E-state index is 5.26. The van der Waals surface area contributed by atoms with E-state index in [-0.39, 0.29) is 0 Å². The van der Waals surface area contributed by atoms with Crippen LogP contribution in [0.4, 0.5) is 0 Å². The third-order valence-corrected chi connectivity index (χ3v) is 4.29. The third-order valence-electron chi connectivity index (χ3n) is 4.29. The lowest BCUT2D eigenvalue weighted by Gasteiger charge is -2.29. The lowest BCUT2D eigenvalue weighted by atomic mass is 9.97. The van der Waals surface area contributed by atoms with Crippen molar-refractivity contribution in [2.75, 3.05) is 40.3 Å². The van der Waals surface area contributed by atoms with Crippen LogP contribution in [0.3, 0.4) is 0 Å². The van der Waals surface area contributed by atoms with Crippen LogP contribution in [0.1, 0.15) is 25.3 Å². The van der Waals surface area contributed by atoms with E-state index in [1.165, 1.54) is 25.9 Å². The number of benzene rings is 1. The van der Waals surface area contributed by atoms with Gasteiger partial charge in [-0.15, -0.1) is 0 Å². The Morgan fingerprint density at radius 1 is 1.30 bits per heavy atom. The second-order valence-corrected chi connectivity index (χ2v) is 6.17. The van der Waals surface area contributed by atoms with Crippen molar-refractivity contribution in [3.63, 3.8) is 0 Å². The van der Waals surface area contributed by atoms with Gasteiger partial charge in [0.15, 0.2) is 5.96 Å². The van der Waals surface area contributed by atoms with Crippen LogP contribution in [-0.4, -0.2) is 51.2 Å². The Labute approximate surface area is 140 Å². The van der Waals surface area contributed by atoms with Crippen molar-refractivity contribution in [2.24, 2.45) is 10.9 Å². The predicted octanol–water partition coefficient (Wildman–Crippen LogP) is 2.09. The van der Waals surface area contributed by atoms with Gasteiger partial charge in [0.1, 0.15) is 5.75 Å². The summed E-state index contributed by atoms with van der Waals surface area (Å²) in [6.07, 6.45) is 2.53. The molecule has 1 aliphatic heterocycles. The van der Waals surface area contributed by atoms with E-state index in [1.54, 1.807) is 7.11 Å². The van der Waals surface area contributed by atoms with E-state index in [1.807, 2.05) is 18.2 Å². The van der Waals surface area contributed by atoms with Crippen molar-refractivity contribution in [3.05, 3.63) is 29.8 Å². The highest BCUT2D eigenvalue weighted by Gasteiger charge is 2.16. The molecule has 1 aromatic rings. The van der Waals surface area contributed by atoms with Crippen LogP contribution in [0.5, 0.6) is 5.75 Å². The Bertz CT molecular complexity index is 496. The standard InChI is InChI=1S/C18H30N4O/c1-4-19-18(20-13-15-8-10-22(2)11-9-15)21-14-16-6-5-7-17(12-16)23-3/h5-7,12,15H,4,8-11,13-14H2,1-3H3,(H2,19,20,21). The van der Waals surface area contributed by atoms with Crippen LogP contribution in [0, 0.1) is 5.92 Å². The van der Waals surface area contributed by atoms with Crippen molar-refractivity contribution in [3.8, 4) is 5.75 Å². The van der Waals surface area contributed by atoms with Crippen molar-refractivity contribution >= 4 is 5.96 Å². The van der Waals surface area contributed by atoms with Gasteiger partial charge in [0.2, 0.25) is 0 Å². The molecule has 5 heteroatoms. The number of nitrogens with one attached hydrogen (secondary N) is 2. The summed E-state index contributed by atoms with van der Waals surface area (Å²) < 4.78 is 5.26. The lowest BCUT2D eigenvalue weighted by molar-refractivity contribution is 0.220. The summed E-state index contributed by atoms with van der Waals surface area (Å²) in [4.78, 5) is 7.09. The average molecular weight is 318 g/mol. The van der Waals surface area contributed by atoms with Gasteiger partial charge in [-0.1, -0.05) is 12.1 Å². The number of ether oxygens (including phenoxy) is 1. The molecule has 0 saturated carbocycles. The van der Waals surface area contributed by atoms with E-state index in [0.717, 1.165) is 36.3 Å². The molecule has 2 rings (SSSR count). The number of nitrogens with zero attached hydrogens (tertiary/aromatic N) is 2. The summed E-state index contributed by atoms with van der Waals surface area (Å²) >= 11 is 0. The van der Waals surface area contributed by atoms with Crippen LogP contribution < -0.4 is 15.4 Å². The topological polar surface area (TPSA) is 48.9 Å². The first-order valence-corrected chi connectivity index (χ1v) is 8.55. The number of likely N-dealkylation sites (tertiary alicyclic amines) is 1. The maximum Gasteiger partial charge on any atom is 0.191 e. The molecule has 1 aliphatic rings. The molecule has 0 spiro atoms. The predicted molar refractivity (Wildman–Crippen MR) is 96.0 cm³/mol. The molecule has 128 valence electrons. The first-order chi connectivity index (χ1) is 11.2. The monoisotopic (exact) mass is 318 g/mol. The average Bonchev–Trinajstić information content (AvgIpc) is 2.59. The van der Waals surface area contributed by atoms with Gasteiger partial charge >= 0.3 is 0 Å². The van der Waals surface area contributed by atoms with E-state index in [4.69, 9.17) is 4.74 Å². The summed E-state index contributed by atoms with van der Waals surface area (Å²) in [7, 11) is 3.89. The molecule has 1 aromatic carbocycles. The van der Waals surface area contributed by atoms with Crippen molar-refractivity contribution in [1.82, 2.24) is 15.5 Å². The zero-order valence-electron chi connectivity index (χ0n) is 14.6. The fraction of sp³-hybridized carbons (Fsp3) is 0.611. The van der Waals surface area contributed by atoms with Gasteiger partial charge in [-0.2, -0.15) is 0 Å². The largest absolute Gasteiger partial charge is 0.497 e. The molecule has 1 heterocycles. The zero-order chi connectivity index (χ0) is 16.5. The van der Waals surface area contributed by atoms with Crippen LogP contribution >= 0.6 is 0 Å². The minimum Gasteiger partial charge on any atom is -0.497 e. The highest BCUT2D eigenvalue weighted by molar-refractivity contribution is 5.79. The van der Waals surface area contributed by atoms with Crippen LogP contribution in [0.15, 0.2) is 29.3 Å². The quantitative estimate of drug-likeness (QED) is 0.623. The molecule has 23 heavy (non-hydrogen) atoms. The third kappa shape index (κ3) is 6.10. The highest BCUT2D eigenvalue weighted by atomic mass is 16.5. The minimum atomic E-state index is 0.653. The van der Waals surface area contributed by atoms with E-state index in [9.17, 15) is 0 Å². The Kier molecular flexibility index (Phi) is 7.20. The van der Waals surface area contributed by atoms with Gasteiger partial charge in [-0.05, 0) is 63.5 Å². The van der Waals surface area contributed by atoms with Crippen molar-refractivity contribution < 1.29 is 4.74 Å². The number of rotatable bonds is 6. The molecule has 0 amide bonds. The van der Waals surface area contributed by atoms with Gasteiger partial charge in [0.05, 0.1) is 13.7 Å². The first-order valence-electron chi connectivity index (χ1n) is 8.55.